The highest BCUT2D eigenvalue weighted by atomic mass is 16.5. The minimum absolute atomic E-state index is 0.0333. The Hall–Kier alpha value is -1.55. The van der Waals surface area contributed by atoms with Crippen LogP contribution in [0.25, 0.3) is 0 Å². The zero-order valence-electron chi connectivity index (χ0n) is 12.8. The first-order valence-electron chi connectivity index (χ1n) is 7.94. The first-order chi connectivity index (χ1) is 10.1. The van der Waals surface area contributed by atoms with E-state index in [0.717, 1.165) is 30.9 Å². The van der Waals surface area contributed by atoms with E-state index >= 15 is 0 Å². The van der Waals surface area contributed by atoms with Gasteiger partial charge in [0.1, 0.15) is 5.75 Å². The van der Waals surface area contributed by atoms with Crippen LogP contribution in [0.5, 0.6) is 5.75 Å². The smallest absolute Gasteiger partial charge is 0.265 e. The summed E-state index contributed by atoms with van der Waals surface area (Å²) < 4.78 is 5.83. The molecule has 2 aliphatic rings. The van der Waals surface area contributed by atoms with Crippen molar-refractivity contribution in [2.75, 3.05) is 18.4 Å². The van der Waals surface area contributed by atoms with Crippen molar-refractivity contribution in [3.05, 3.63) is 23.8 Å². The van der Waals surface area contributed by atoms with Crippen molar-refractivity contribution < 1.29 is 9.53 Å². The third-order valence-corrected chi connectivity index (χ3v) is 4.34. The van der Waals surface area contributed by atoms with Gasteiger partial charge in [0.05, 0.1) is 5.69 Å². The molecule has 1 fully saturated rings. The highest BCUT2D eigenvalue weighted by Crippen LogP contribution is 2.33. The number of hydrogen-bond acceptors (Lipinski definition) is 3. The summed E-state index contributed by atoms with van der Waals surface area (Å²) in [5.41, 5.74) is 2.09. The van der Waals surface area contributed by atoms with E-state index in [1.54, 1.807) is 0 Å². The van der Waals surface area contributed by atoms with E-state index in [0.29, 0.717) is 5.92 Å². The molecule has 21 heavy (non-hydrogen) atoms. The van der Waals surface area contributed by atoms with E-state index in [1.807, 2.05) is 19.9 Å². The second kappa shape index (κ2) is 6.06. The van der Waals surface area contributed by atoms with Crippen LogP contribution >= 0.6 is 0 Å². The lowest BCUT2D eigenvalue weighted by Gasteiger charge is -2.29. The minimum atomic E-state index is -0.383. The zero-order valence-corrected chi connectivity index (χ0v) is 12.8. The van der Waals surface area contributed by atoms with Gasteiger partial charge in [-0.25, -0.2) is 0 Å². The number of benzene rings is 1. The van der Waals surface area contributed by atoms with Crippen LogP contribution in [-0.2, 0) is 11.2 Å². The Balaban J connectivity index is 1.73. The topological polar surface area (TPSA) is 50.4 Å². The monoisotopic (exact) mass is 288 g/mol. The number of fused-ring (bicyclic) bond motifs is 1. The summed E-state index contributed by atoms with van der Waals surface area (Å²) in [5, 5.41) is 6.44. The lowest BCUT2D eigenvalue weighted by atomic mass is 9.92. The fraction of sp³-hybridized carbons (Fsp3) is 0.588. The molecule has 0 bridgehead atoms. The van der Waals surface area contributed by atoms with Crippen LogP contribution in [0.2, 0.25) is 0 Å². The molecular formula is C17H24N2O2. The SMILES string of the molecule is CC(C)C1Oc2ccc(CC3CCCNC3)cc2NC1=O. The highest BCUT2D eigenvalue weighted by molar-refractivity contribution is 5.98. The molecule has 1 saturated heterocycles. The van der Waals surface area contributed by atoms with Crippen molar-refractivity contribution in [3.8, 4) is 5.75 Å². The van der Waals surface area contributed by atoms with Crippen LogP contribution < -0.4 is 15.4 Å². The van der Waals surface area contributed by atoms with Crippen molar-refractivity contribution >= 4 is 11.6 Å². The van der Waals surface area contributed by atoms with Gasteiger partial charge in [0, 0.05) is 0 Å². The minimum Gasteiger partial charge on any atom is -0.478 e. The van der Waals surface area contributed by atoms with Gasteiger partial charge in [-0.15, -0.1) is 0 Å². The number of ether oxygens (including phenoxy) is 1. The number of anilines is 1. The van der Waals surface area contributed by atoms with Gasteiger partial charge in [0.15, 0.2) is 6.10 Å². The fourth-order valence-corrected chi connectivity index (χ4v) is 3.17. The summed E-state index contributed by atoms with van der Waals surface area (Å²) in [6.45, 7) is 6.23. The molecule has 0 saturated carbocycles. The summed E-state index contributed by atoms with van der Waals surface area (Å²) in [6, 6.07) is 6.19. The first-order valence-corrected chi connectivity index (χ1v) is 7.94. The van der Waals surface area contributed by atoms with Crippen LogP contribution in [0.15, 0.2) is 18.2 Å². The Morgan fingerprint density at radius 2 is 2.24 bits per heavy atom. The third-order valence-electron chi connectivity index (χ3n) is 4.34. The molecule has 114 valence electrons. The third kappa shape index (κ3) is 3.21. The molecule has 0 radical (unpaired) electrons. The quantitative estimate of drug-likeness (QED) is 0.899. The number of hydrogen-bond donors (Lipinski definition) is 2. The molecule has 3 rings (SSSR count). The standard InChI is InChI=1S/C17H24N2O2/c1-11(2)16-17(20)19-14-9-12(5-6-15(14)21-16)8-13-4-3-7-18-10-13/h5-6,9,11,13,16,18H,3-4,7-8,10H2,1-2H3,(H,19,20). The van der Waals surface area contributed by atoms with Crippen molar-refractivity contribution in [1.29, 1.82) is 0 Å². The molecule has 1 aromatic carbocycles. The summed E-state index contributed by atoms with van der Waals surface area (Å²) >= 11 is 0. The van der Waals surface area contributed by atoms with Gasteiger partial charge >= 0.3 is 0 Å². The van der Waals surface area contributed by atoms with Gasteiger partial charge in [-0.3, -0.25) is 4.79 Å². The van der Waals surface area contributed by atoms with E-state index in [2.05, 4.69) is 22.8 Å². The molecule has 2 atom stereocenters. The Kier molecular flexibility index (Phi) is 4.15. The molecule has 0 aromatic heterocycles. The summed E-state index contributed by atoms with van der Waals surface area (Å²) in [7, 11) is 0. The van der Waals surface area contributed by atoms with Crippen LogP contribution in [0.4, 0.5) is 5.69 Å². The maximum atomic E-state index is 12.1. The molecule has 2 unspecified atom stereocenters. The average Bonchev–Trinajstić information content (AvgIpc) is 2.47. The van der Waals surface area contributed by atoms with Crippen LogP contribution in [-0.4, -0.2) is 25.1 Å². The van der Waals surface area contributed by atoms with E-state index < -0.39 is 0 Å². The van der Waals surface area contributed by atoms with Gasteiger partial charge < -0.3 is 15.4 Å². The van der Waals surface area contributed by atoms with Gasteiger partial charge in [-0.2, -0.15) is 0 Å². The van der Waals surface area contributed by atoms with Crippen molar-refractivity contribution in [2.45, 2.75) is 39.2 Å². The number of rotatable bonds is 3. The summed E-state index contributed by atoms with van der Waals surface area (Å²) in [5.74, 6) is 1.62. The van der Waals surface area contributed by atoms with E-state index in [1.165, 1.54) is 18.4 Å². The van der Waals surface area contributed by atoms with Crippen LogP contribution in [0, 0.1) is 11.8 Å². The second-order valence-electron chi connectivity index (χ2n) is 6.52. The first kappa shape index (κ1) is 14.4. The molecule has 0 spiro atoms. The van der Waals surface area contributed by atoms with Gasteiger partial charge in [-0.1, -0.05) is 19.9 Å². The molecule has 4 heteroatoms. The Labute approximate surface area is 126 Å². The number of nitrogens with one attached hydrogen (secondary N) is 2. The van der Waals surface area contributed by atoms with E-state index in [4.69, 9.17) is 4.74 Å². The predicted octanol–water partition coefficient (Wildman–Crippen LogP) is 2.58. The largest absolute Gasteiger partial charge is 0.478 e. The Morgan fingerprint density at radius 1 is 1.38 bits per heavy atom. The molecular weight excluding hydrogens is 264 g/mol. The van der Waals surface area contributed by atoms with Crippen molar-refractivity contribution in [3.63, 3.8) is 0 Å². The van der Waals surface area contributed by atoms with E-state index in [-0.39, 0.29) is 17.9 Å². The number of amides is 1. The van der Waals surface area contributed by atoms with Gasteiger partial charge in [0.25, 0.3) is 5.91 Å². The summed E-state index contributed by atoms with van der Waals surface area (Å²) in [4.78, 5) is 12.1. The van der Waals surface area contributed by atoms with Crippen molar-refractivity contribution in [1.82, 2.24) is 5.32 Å². The van der Waals surface area contributed by atoms with Gasteiger partial charge in [0.2, 0.25) is 0 Å². The predicted molar refractivity (Wildman–Crippen MR) is 83.6 cm³/mol. The second-order valence-corrected chi connectivity index (χ2v) is 6.52. The van der Waals surface area contributed by atoms with Crippen LogP contribution in [0.3, 0.4) is 0 Å². The molecule has 4 nitrogen and oxygen atoms in total. The maximum absolute atomic E-state index is 12.1. The average molecular weight is 288 g/mol. The lowest BCUT2D eigenvalue weighted by Crippen LogP contribution is -2.40. The summed E-state index contributed by atoms with van der Waals surface area (Å²) in [6.07, 6.45) is 3.21. The molecule has 2 heterocycles. The van der Waals surface area contributed by atoms with E-state index in [9.17, 15) is 4.79 Å². The normalized spacial score (nSPS) is 25.2. The van der Waals surface area contributed by atoms with Gasteiger partial charge in [-0.05, 0) is 61.9 Å². The van der Waals surface area contributed by atoms with Crippen LogP contribution in [0.1, 0.15) is 32.3 Å². The molecule has 1 amide bonds. The molecule has 2 N–H and O–H groups in total. The maximum Gasteiger partial charge on any atom is 0.265 e. The molecule has 2 aliphatic heterocycles. The number of carbonyl (C=O) groups is 1. The highest BCUT2D eigenvalue weighted by Gasteiger charge is 2.30. The Bertz CT molecular complexity index is 522. The van der Waals surface area contributed by atoms with Crippen molar-refractivity contribution in [2.24, 2.45) is 11.8 Å². The molecule has 0 aliphatic carbocycles. The fourth-order valence-electron chi connectivity index (χ4n) is 3.17. The molecule has 1 aromatic rings. The lowest BCUT2D eigenvalue weighted by molar-refractivity contribution is -0.125. The number of carbonyl (C=O) groups excluding carboxylic acids is 1. The number of piperidine rings is 1. The Morgan fingerprint density at radius 3 is 2.95 bits per heavy atom. The zero-order chi connectivity index (χ0) is 14.8.